The fraction of sp³-hybridized carbons (Fsp3) is 0.222. The number of amides is 1. The van der Waals surface area contributed by atoms with Gasteiger partial charge in [0.2, 0.25) is 12.3 Å². The van der Waals surface area contributed by atoms with E-state index < -0.39 is 18.8 Å². The summed E-state index contributed by atoms with van der Waals surface area (Å²) in [6, 6.07) is 8.51. The van der Waals surface area contributed by atoms with E-state index in [4.69, 9.17) is 0 Å². The molecule has 1 N–H and O–H groups in total. The lowest BCUT2D eigenvalue weighted by Gasteiger charge is -2.03. The lowest BCUT2D eigenvalue weighted by Crippen LogP contribution is -2.14. The van der Waals surface area contributed by atoms with E-state index in [0.29, 0.717) is 5.69 Å². The van der Waals surface area contributed by atoms with Crippen LogP contribution in [0, 0.1) is 0 Å². The Morgan fingerprint density at radius 3 is 2.46 bits per heavy atom. The number of nitrogens with one attached hydrogen (secondary N) is 1. The van der Waals surface area contributed by atoms with Gasteiger partial charge in [-0.15, -0.1) is 0 Å². The zero-order chi connectivity index (χ0) is 9.68. The van der Waals surface area contributed by atoms with Crippen LogP contribution >= 0.6 is 0 Å². The Morgan fingerprint density at radius 2 is 1.92 bits per heavy atom. The molecule has 0 fully saturated rings. The van der Waals surface area contributed by atoms with Crippen molar-refractivity contribution in [2.75, 3.05) is 5.32 Å². The number of halogens is 2. The normalized spacial score (nSPS) is 10.1. The lowest BCUT2D eigenvalue weighted by atomic mass is 10.3. The molecular formula is C9H9F2NO. The van der Waals surface area contributed by atoms with Gasteiger partial charge < -0.3 is 5.32 Å². The van der Waals surface area contributed by atoms with Gasteiger partial charge in [0.05, 0.1) is 6.42 Å². The molecule has 0 bridgehead atoms. The highest BCUT2D eigenvalue weighted by Crippen LogP contribution is 2.07. The van der Waals surface area contributed by atoms with Crippen molar-refractivity contribution in [3.8, 4) is 0 Å². The van der Waals surface area contributed by atoms with Crippen LogP contribution in [0.3, 0.4) is 0 Å². The van der Waals surface area contributed by atoms with Crippen molar-refractivity contribution < 1.29 is 13.6 Å². The molecule has 0 atom stereocenters. The van der Waals surface area contributed by atoms with Crippen LogP contribution in [0.4, 0.5) is 14.5 Å². The van der Waals surface area contributed by atoms with Crippen molar-refractivity contribution >= 4 is 11.6 Å². The standard InChI is InChI=1S/C9H9F2NO/c10-8(11)6-9(13)12-7-4-2-1-3-5-7/h1-5,8H,6H2,(H,12,13). The fourth-order valence-electron chi connectivity index (χ4n) is 0.874. The second kappa shape index (κ2) is 4.54. The van der Waals surface area contributed by atoms with Gasteiger partial charge in [-0.3, -0.25) is 4.79 Å². The number of para-hydroxylation sites is 1. The molecule has 13 heavy (non-hydrogen) atoms. The Hall–Kier alpha value is -1.45. The topological polar surface area (TPSA) is 29.1 Å². The summed E-state index contributed by atoms with van der Waals surface area (Å²) in [5.41, 5.74) is 0.535. The third kappa shape index (κ3) is 3.64. The van der Waals surface area contributed by atoms with Gasteiger partial charge in [0.25, 0.3) is 0 Å². The molecule has 0 radical (unpaired) electrons. The summed E-state index contributed by atoms with van der Waals surface area (Å²) >= 11 is 0. The molecule has 0 aliphatic heterocycles. The van der Waals surface area contributed by atoms with Crippen molar-refractivity contribution in [2.24, 2.45) is 0 Å². The summed E-state index contributed by atoms with van der Waals surface area (Å²) in [6.07, 6.45) is -3.35. The van der Waals surface area contributed by atoms with Crippen LogP contribution in [-0.4, -0.2) is 12.3 Å². The van der Waals surface area contributed by atoms with E-state index in [-0.39, 0.29) is 0 Å². The fourth-order valence-corrected chi connectivity index (χ4v) is 0.874. The SMILES string of the molecule is O=C(CC(F)F)Nc1ccccc1. The molecule has 70 valence electrons. The molecular weight excluding hydrogens is 176 g/mol. The zero-order valence-corrected chi connectivity index (χ0v) is 6.84. The molecule has 4 heteroatoms. The molecule has 1 amide bonds. The van der Waals surface area contributed by atoms with Gasteiger partial charge in [0.1, 0.15) is 0 Å². The molecule has 1 aromatic carbocycles. The van der Waals surface area contributed by atoms with Crippen LogP contribution in [0.15, 0.2) is 30.3 Å². The smallest absolute Gasteiger partial charge is 0.247 e. The lowest BCUT2D eigenvalue weighted by molar-refractivity contribution is -0.118. The number of hydrogen-bond acceptors (Lipinski definition) is 1. The summed E-state index contributed by atoms with van der Waals surface area (Å²) in [6.45, 7) is 0. The first-order valence-corrected chi connectivity index (χ1v) is 3.81. The van der Waals surface area contributed by atoms with Crippen molar-refractivity contribution in [1.29, 1.82) is 0 Å². The molecule has 0 unspecified atom stereocenters. The molecule has 0 spiro atoms. The predicted molar refractivity (Wildman–Crippen MR) is 45.7 cm³/mol. The van der Waals surface area contributed by atoms with E-state index >= 15 is 0 Å². The van der Waals surface area contributed by atoms with Crippen molar-refractivity contribution in [1.82, 2.24) is 0 Å². The average molecular weight is 185 g/mol. The minimum Gasteiger partial charge on any atom is -0.326 e. The van der Waals surface area contributed by atoms with Gasteiger partial charge in [0.15, 0.2) is 0 Å². The minimum atomic E-state index is -2.59. The highest BCUT2D eigenvalue weighted by Gasteiger charge is 2.09. The molecule has 1 aromatic rings. The molecule has 0 saturated carbocycles. The Balaban J connectivity index is 2.46. The Kier molecular flexibility index (Phi) is 3.37. The maximum Gasteiger partial charge on any atom is 0.247 e. The molecule has 0 heterocycles. The van der Waals surface area contributed by atoms with E-state index in [1.165, 1.54) is 0 Å². The molecule has 0 saturated heterocycles. The Morgan fingerprint density at radius 1 is 1.31 bits per heavy atom. The van der Waals surface area contributed by atoms with Gasteiger partial charge in [-0.05, 0) is 12.1 Å². The summed E-state index contributed by atoms with van der Waals surface area (Å²) in [5, 5.41) is 2.35. The second-order valence-electron chi connectivity index (χ2n) is 2.51. The number of carbonyl (C=O) groups is 1. The van der Waals surface area contributed by atoms with Crippen LogP contribution < -0.4 is 5.32 Å². The predicted octanol–water partition coefficient (Wildman–Crippen LogP) is 2.28. The number of alkyl halides is 2. The number of anilines is 1. The first-order chi connectivity index (χ1) is 6.18. The number of rotatable bonds is 3. The van der Waals surface area contributed by atoms with Gasteiger partial charge in [-0.1, -0.05) is 18.2 Å². The van der Waals surface area contributed by atoms with E-state index in [1.54, 1.807) is 30.3 Å². The van der Waals surface area contributed by atoms with E-state index in [0.717, 1.165) is 0 Å². The largest absolute Gasteiger partial charge is 0.326 e. The Bertz CT molecular complexity index is 274. The minimum absolute atomic E-state index is 0.535. The maximum atomic E-state index is 11.7. The zero-order valence-electron chi connectivity index (χ0n) is 6.84. The van der Waals surface area contributed by atoms with Gasteiger partial charge in [-0.25, -0.2) is 8.78 Å². The molecule has 2 nitrogen and oxygen atoms in total. The summed E-state index contributed by atoms with van der Waals surface area (Å²) in [7, 11) is 0. The van der Waals surface area contributed by atoms with E-state index in [2.05, 4.69) is 5.32 Å². The molecule has 0 aliphatic carbocycles. The van der Waals surface area contributed by atoms with Crippen molar-refractivity contribution in [2.45, 2.75) is 12.8 Å². The summed E-state index contributed by atoms with van der Waals surface area (Å²) < 4.78 is 23.5. The van der Waals surface area contributed by atoms with Gasteiger partial charge in [-0.2, -0.15) is 0 Å². The number of hydrogen-bond donors (Lipinski definition) is 1. The van der Waals surface area contributed by atoms with Crippen LogP contribution in [0.1, 0.15) is 6.42 Å². The average Bonchev–Trinajstić information content (AvgIpc) is 2.04. The Labute approximate surface area is 74.6 Å². The van der Waals surface area contributed by atoms with Crippen LogP contribution in [0.5, 0.6) is 0 Å². The maximum absolute atomic E-state index is 11.7. The van der Waals surface area contributed by atoms with Gasteiger partial charge in [0, 0.05) is 5.69 Å². The second-order valence-corrected chi connectivity index (χ2v) is 2.51. The third-order valence-electron chi connectivity index (χ3n) is 1.40. The highest BCUT2D eigenvalue weighted by atomic mass is 19.3. The van der Waals surface area contributed by atoms with E-state index in [9.17, 15) is 13.6 Å². The first-order valence-electron chi connectivity index (χ1n) is 3.81. The van der Waals surface area contributed by atoms with Crippen LogP contribution in [-0.2, 0) is 4.79 Å². The molecule has 0 aliphatic rings. The molecule has 0 aromatic heterocycles. The number of carbonyl (C=O) groups excluding carboxylic acids is 1. The molecule has 1 rings (SSSR count). The van der Waals surface area contributed by atoms with Crippen molar-refractivity contribution in [3.63, 3.8) is 0 Å². The summed E-state index contributed by atoms with van der Waals surface area (Å²) in [4.78, 5) is 10.8. The first kappa shape index (κ1) is 9.64. The van der Waals surface area contributed by atoms with Gasteiger partial charge >= 0.3 is 0 Å². The van der Waals surface area contributed by atoms with Crippen LogP contribution in [0.2, 0.25) is 0 Å². The third-order valence-corrected chi connectivity index (χ3v) is 1.40. The summed E-state index contributed by atoms with van der Waals surface area (Å²) in [5.74, 6) is -0.666. The number of benzene rings is 1. The van der Waals surface area contributed by atoms with E-state index in [1.807, 2.05) is 0 Å². The van der Waals surface area contributed by atoms with Crippen molar-refractivity contribution in [3.05, 3.63) is 30.3 Å². The van der Waals surface area contributed by atoms with Crippen LogP contribution in [0.25, 0.3) is 0 Å². The quantitative estimate of drug-likeness (QED) is 0.769. The monoisotopic (exact) mass is 185 g/mol. The highest BCUT2D eigenvalue weighted by molar-refractivity contribution is 5.90.